The molecule has 2 aromatic rings. The van der Waals surface area contributed by atoms with Crippen LogP contribution in [-0.2, 0) is 11.3 Å². The normalized spacial score (nSPS) is 9.48. The molecule has 0 heterocycles. The van der Waals surface area contributed by atoms with Crippen LogP contribution in [0.2, 0.25) is 0 Å². The lowest BCUT2D eigenvalue weighted by atomic mass is 10.1. The number of amides is 1. The van der Waals surface area contributed by atoms with E-state index in [2.05, 4.69) is 17.2 Å². The molecule has 0 fully saturated rings. The highest BCUT2D eigenvalue weighted by Crippen LogP contribution is 2.18. The average Bonchev–Trinajstić information content (AvgIpc) is 2.58. The maximum absolute atomic E-state index is 11.6. The minimum Gasteiger partial charge on any atom is -0.495 e. The van der Waals surface area contributed by atoms with Crippen molar-refractivity contribution in [1.29, 1.82) is 0 Å². The van der Waals surface area contributed by atoms with E-state index in [9.17, 15) is 4.79 Å². The van der Waals surface area contributed by atoms with Gasteiger partial charge in [0.05, 0.1) is 19.2 Å². The fourth-order valence-corrected chi connectivity index (χ4v) is 1.93. The molecule has 2 aromatic carbocycles. The van der Waals surface area contributed by atoms with Crippen LogP contribution >= 0.6 is 0 Å². The summed E-state index contributed by atoms with van der Waals surface area (Å²) in [7, 11) is 1.61. The van der Waals surface area contributed by atoms with E-state index in [1.54, 1.807) is 7.11 Å². The molecule has 0 bridgehead atoms. The molecule has 0 unspecified atom stereocenters. The van der Waals surface area contributed by atoms with Crippen LogP contribution in [0.15, 0.2) is 48.5 Å². The zero-order valence-electron chi connectivity index (χ0n) is 13.3. The molecule has 23 heavy (non-hydrogen) atoms. The summed E-state index contributed by atoms with van der Waals surface area (Å²) in [6, 6.07) is 15.3. The second kappa shape index (κ2) is 8.50. The van der Waals surface area contributed by atoms with Gasteiger partial charge in [0.2, 0.25) is 0 Å². The highest BCUT2D eigenvalue weighted by molar-refractivity contribution is 5.67. The van der Waals surface area contributed by atoms with Gasteiger partial charge in [0.15, 0.2) is 0 Å². The lowest BCUT2D eigenvalue weighted by Crippen LogP contribution is -2.24. The topological polar surface area (TPSA) is 47.6 Å². The molecule has 0 radical (unpaired) electrons. The van der Waals surface area contributed by atoms with E-state index in [0.717, 1.165) is 22.4 Å². The first-order chi connectivity index (χ1) is 11.2. The lowest BCUT2D eigenvalue weighted by molar-refractivity contribution is 0.141. The number of benzene rings is 2. The molecule has 1 amide bonds. The molecule has 118 valence electrons. The summed E-state index contributed by atoms with van der Waals surface area (Å²) >= 11 is 0. The highest BCUT2D eigenvalue weighted by atomic mass is 16.5. The smallest absolute Gasteiger partial charge is 0.408 e. The number of ether oxygens (including phenoxy) is 2. The Morgan fingerprint density at radius 3 is 2.70 bits per heavy atom. The lowest BCUT2D eigenvalue weighted by Gasteiger charge is -2.05. The monoisotopic (exact) mass is 309 g/mol. The van der Waals surface area contributed by atoms with Crippen molar-refractivity contribution < 1.29 is 14.3 Å². The molecule has 0 aromatic heterocycles. The SMILES string of the molecule is COc1cc(C)ccc1C#CCNC(=O)OCc1ccccc1. The first-order valence-corrected chi connectivity index (χ1v) is 7.27. The molecule has 4 heteroatoms. The third-order valence-electron chi connectivity index (χ3n) is 3.11. The van der Waals surface area contributed by atoms with Crippen LogP contribution in [0.1, 0.15) is 16.7 Å². The van der Waals surface area contributed by atoms with Crippen LogP contribution in [0, 0.1) is 18.8 Å². The maximum Gasteiger partial charge on any atom is 0.408 e. The number of hydrogen-bond acceptors (Lipinski definition) is 3. The van der Waals surface area contributed by atoms with Crippen molar-refractivity contribution in [3.8, 4) is 17.6 Å². The molecular weight excluding hydrogens is 290 g/mol. The Balaban J connectivity index is 1.80. The first-order valence-electron chi connectivity index (χ1n) is 7.27. The Hall–Kier alpha value is -2.93. The number of nitrogens with one attached hydrogen (secondary N) is 1. The minimum absolute atomic E-state index is 0.213. The zero-order chi connectivity index (χ0) is 16.5. The number of alkyl carbamates (subject to hydrolysis) is 1. The Morgan fingerprint density at radius 2 is 1.96 bits per heavy atom. The fourth-order valence-electron chi connectivity index (χ4n) is 1.93. The third-order valence-corrected chi connectivity index (χ3v) is 3.11. The first kappa shape index (κ1) is 16.4. The number of hydrogen-bond donors (Lipinski definition) is 1. The van der Waals surface area contributed by atoms with Crippen LogP contribution in [0.4, 0.5) is 4.79 Å². The maximum atomic E-state index is 11.6. The van der Waals surface area contributed by atoms with Gasteiger partial charge in [-0.3, -0.25) is 0 Å². The summed E-state index contributed by atoms with van der Waals surface area (Å²) < 4.78 is 10.4. The van der Waals surface area contributed by atoms with Crippen molar-refractivity contribution in [2.24, 2.45) is 0 Å². The number of carbonyl (C=O) groups excluding carboxylic acids is 1. The molecule has 1 N–H and O–H groups in total. The number of rotatable bonds is 4. The Morgan fingerprint density at radius 1 is 1.17 bits per heavy atom. The minimum atomic E-state index is -0.487. The standard InChI is InChI=1S/C19H19NO3/c1-15-10-11-17(18(13-15)22-2)9-6-12-20-19(21)23-14-16-7-4-3-5-8-16/h3-5,7-8,10-11,13H,12,14H2,1-2H3,(H,20,21). The number of methoxy groups -OCH3 is 1. The van der Waals surface area contributed by atoms with Crippen molar-refractivity contribution in [3.05, 3.63) is 65.2 Å². The Kier molecular flexibility index (Phi) is 6.07. The molecule has 0 saturated carbocycles. The predicted molar refractivity (Wildman–Crippen MR) is 89.2 cm³/mol. The van der Waals surface area contributed by atoms with E-state index in [1.807, 2.05) is 55.5 Å². The number of aryl methyl sites for hydroxylation is 1. The van der Waals surface area contributed by atoms with Gasteiger partial charge in [-0.25, -0.2) is 4.79 Å². The zero-order valence-corrected chi connectivity index (χ0v) is 13.3. The summed E-state index contributed by atoms with van der Waals surface area (Å²) in [5, 5.41) is 2.60. The van der Waals surface area contributed by atoms with Gasteiger partial charge in [0, 0.05) is 0 Å². The van der Waals surface area contributed by atoms with Crippen LogP contribution in [0.3, 0.4) is 0 Å². The average molecular weight is 309 g/mol. The van der Waals surface area contributed by atoms with Gasteiger partial charge < -0.3 is 14.8 Å². The van der Waals surface area contributed by atoms with Crippen molar-refractivity contribution in [2.75, 3.05) is 13.7 Å². The van der Waals surface area contributed by atoms with E-state index in [4.69, 9.17) is 9.47 Å². The van der Waals surface area contributed by atoms with E-state index < -0.39 is 6.09 Å². The molecule has 4 nitrogen and oxygen atoms in total. The molecule has 0 spiro atoms. The van der Waals surface area contributed by atoms with Crippen LogP contribution < -0.4 is 10.1 Å². The van der Waals surface area contributed by atoms with Crippen molar-refractivity contribution >= 4 is 6.09 Å². The van der Waals surface area contributed by atoms with Gasteiger partial charge in [-0.15, -0.1) is 0 Å². The molecule has 0 saturated heterocycles. The van der Waals surface area contributed by atoms with Crippen LogP contribution in [0.5, 0.6) is 5.75 Å². The van der Waals surface area contributed by atoms with Crippen molar-refractivity contribution in [3.63, 3.8) is 0 Å². The Labute approximate surface area is 136 Å². The fraction of sp³-hybridized carbons (Fsp3) is 0.211. The molecule has 0 aliphatic heterocycles. The van der Waals surface area contributed by atoms with Gasteiger partial charge >= 0.3 is 6.09 Å². The van der Waals surface area contributed by atoms with Gasteiger partial charge in [-0.05, 0) is 30.2 Å². The van der Waals surface area contributed by atoms with E-state index >= 15 is 0 Å². The quantitative estimate of drug-likeness (QED) is 0.882. The summed E-state index contributed by atoms with van der Waals surface area (Å²) in [6.07, 6.45) is -0.487. The predicted octanol–water partition coefficient (Wildman–Crippen LogP) is 3.28. The second-order valence-electron chi connectivity index (χ2n) is 4.92. The largest absolute Gasteiger partial charge is 0.495 e. The van der Waals surface area contributed by atoms with E-state index in [0.29, 0.717) is 0 Å². The van der Waals surface area contributed by atoms with Gasteiger partial charge in [0.1, 0.15) is 12.4 Å². The molecular formula is C19H19NO3. The second-order valence-corrected chi connectivity index (χ2v) is 4.92. The van der Waals surface area contributed by atoms with Gasteiger partial charge in [-0.2, -0.15) is 0 Å². The highest BCUT2D eigenvalue weighted by Gasteiger charge is 2.01. The summed E-state index contributed by atoms with van der Waals surface area (Å²) in [5.74, 6) is 6.58. The Bertz CT molecular complexity index is 714. The van der Waals surface area contributed by atoms with E-state index in [1.165, 1.54) is 0 Å². The molecule has 0 atom stereocenters. The number of carbonyl (C=O) groups is 1. The third kappa shape index (κ3) is 5.40. The van der Waals surface area contributed by atoms with Crippen molar-refractivity contribution in [1.82, 2.24) is 5.32 Å². The van der Waals surface area contributed by atoms with Crippen LogP contribution in [-0.4, -0.2) is 19.7 Å². The summed E-state index contributed by atoms with van der Waals surface area (Å²) in [4.78, 5) is 11.6. The van der Waals surface area contributed by atoms with Crippen LogP contribution in [0.25, 0.3) is 0 Å². The summed E-state index contributed by atoms with van der Waals surface area (Å²) in [5.41, 5.74) is 2.84. The van der Waals surface area contributed by atoms with Gasteiger partial charge in [0.25, 0.3) is 0 Å². The molecule has 0 aliphatic carbocycles. The summed E-state index contributed by atoms with van der Waals surface area (Å²) in [6.45, 7) is 2.45. The van der Waals surface area contributed by atoms with E-state index in [-0.39, 0.29) is 13.2 Å². The molecule has 0 aliphatic rings. The van der Waals surface area contributed by atoms with Crippen molar-refractivity contribution in [2.45, 2.75) is 13.5 Å². The van der Waals surface area contributed by atoms with Gasteiger partial charge in [-0.1, -0.05) is 48.2 Å². The molecule has 2 rings (SSSR count).